The summed E-state index contributed by atoms with van der Waals surface area (Å²) in [6.07, 6.45) is 6.85. The van der Waals surface area contributed by atoms with Crippen LogP contribution in [0.5, 0.6) is 0 Å². The van der Waals surface area contributed by atoms with Crippen LogP contribution in [-0.4, -0.2) is 49.4 Å². The zero-order valence-electron chi connectivity index (χ0n) is 15.3. The Morgan fingerprint density at radius 1 is 1.15 bits per heavy atom. The van der Waals surface area contributed by atoms with Crippen LogP contribution in [0.3, 0.4) is 0 Å². The number of carbonyl (C=O) groups excluding carboxylic acids is 3. The standard InChI is InChI=1S/C19H27N3O4/c1-22(4-2-3-20)16(23)12-26-17(24)11-21-18(25)19-8-13-5-14(9-19)7-15(6-13)10-19/h13-15H,2,4-12H2,1H3,(H,21,25). The van der Waals surface area contributed by atoms with E-state index in [1.807, 2.05) is 6.07 Å². The molecule has 4 bridgehead atoms. The van der Waals surface area contributed by atoms with Crippen LogP contribution in [0.2, 0.25) is 0 Å². The Morgan fingerprint density at radius 3 is 2.27 bits per heavy atom. The van der Waals surface area contributed by atoms with Crippen LogP contribution >= 0.6 is 0 Å². The van der Waals surface area contributed by atoms with Crippen LogP contribution in [0.1, 0.15) is 44.9 Å². The van der Waals surface area contributed by atoms with Crippen molar-refractivity contribution in [1.29, 1.82) is 5.26 Å². The molecule has 2 amide bonds. The van der Waals surface area contributed by atoms with Gasteiger partial charge in [-0.3, -0.25) is 14.4 Å². The summed E-state index contributed by atoms with van der Waals surface area (Å²) in [5.74, 6) is 1.01. The molecule has 142 valence electrons. The topological polar surface area (TPSA) is 99.5 Å². The van der Waals surface area contributed by atoms with Gasteiger partial charge in [-0.2, -0.15) is 5.26 Å². The van der Waals surface area contributed by atoms with Crippen molar-refractivity contribution < 1.29 is 19.1 Å². The number of hydrogen-bond acceptors (Lipinski definition) is 5. The van der Waals surface area contributed by atoms with E-state index in [9.17, 15) is 14.4 Å². The molecule has 7 heteroatoms. The number of carbonyl (C=O) groups is 3. The summed E-state index contributed by atoms with van der Waals surface area (Å²) in [6.45, 7) is -0.264. The van der Waals surface area contributed by atoms with Gasteiger partial charge in [0.2, 0.25) is 5.91 Å². The van der Waals surface area contributed by atoms with Crippen molar-refractivity contribution in [3.05, 3.63) is 0 Å². The van der Waals surface area contributed by atoms with Gasteiger partial charge in [0.25, 0.3) is 5.91 Å². The monoisotopic (exact) mass is 361 g/mol. The minimum absolute atomic E-state index is 0.0222. The molecule has 0 aromatic rings. The van der Waals surface area contributed by atoms with E-state index in [4.69, 9.17) is 10.00 Å². The number of likely N-dealkylation sites (N-methyl/N-ethyl adjacent to an activating group) is 1. The van der Waals surface area contributed by atoms with Crippen molar-refractivity contribution in [2.75, 3.05) is 26.7 Å². The Kier molecular flexibility index (Phi) is 5.49. The molecule has 4 saturated carbocycles. The van der Waals surface area contributed by atoms with E-state index in [1.54, 1.807) is 7.05 Å². The predicted octanol–water partition coefficient (Wildman–Crippen LogP) is 1.23. The summed E-state index contributed by atoms with van der Waals surface area (Å²) in [5.41, 5.74) is -0.289. The molecule has 26 heavy (non-hydrogen) atoms. The van der Waals surface area contributed by atoms with Crippen LogP contribution in [0.15, 0.2) is 0 Å². The molecule has 4 rings (SSSR count). The van der Waals surface area contributed by atoms with Crippen molar-refractivity contribution >= 4 is 17.8 Å². The number of nitriles is 1. The van der Waals surface area contributed by atoms with Gasteiger partial charge in [0.1, 0.15) is 6.54 Å². The van der Waals surface area contributed by atoms with Crippen LogP contribution < -0.4 is 5.32 Å². The van der Waals surface area contributed by atoms with E-state index >= 15 is 0 Å². The molecule has 0 heterocycles. The molecule has 0 radical (unpaired) electrons. The lowest BCUT2D eigenvalue weighted by molar-refractivity contribution is -0.154. The molecule has 0 aliphatic heterocycles. The molecular formula is C19H27N3O4. The van der Waals surface area contributed by atoms with Crippen molar-refractivity contribution in [2.24, 2.45) is 23.2 Å². The first-order valence-corrected chi connectivity index (χ1v) is 9.46. The number of amides is 2. The van der Waals surface area contributed by atoms with Crippen LogP contribution in [0, 0.1) is 34.5 Å². The number of nitrogens with zero attached hydrogens (tertiary/aromatic N) is 2. The fourth-order valence-corrected chi connectivity index (χ4v) is 5.37. The van der Waals surface area contributed by atoms with Gasteiger partial charge in [0, 0.05) is 19.0 Å². The quantitative estimate of drug-likeness (QED) is 0.688. The van der Waals surface area contributed by atoms with Gasteiger partial charge in [-0.1, -0.05) is 0 Å². The van der Waals surface area contributed by atoms with Crippen molar-refractivity contribution in [2.45, 2.75) is 44.9 Å². The second-order valence-electron chi connectivity index (χ2n) is 8.26. The van der Waals surface area contributed by atoms with E-state index in [0.29, 0.717) is 24.3 Å². The lowest BCUT2D eigenvalue weighted by Crippen LogP contribution is -2.54. The zero-order chi connectivity index (χ0) is 18.7. The second kappa shape index (κ2) is 7.65. The normalized spacial score (nSPS) is 31.2. The lowest BCUT2D eigenvalue weighted by atomic mass is 9.49. The van der Waals surface area contributed by atoms with Gasteiger partial charge in [-0.25, -0.2) is 0 Å². The molecule has 4 aliphatic rings. The third-order valence-electron chi connectivity index (χ3n) is 6.25. The highest BCUT2D eigenvalue weighted by molar-refractivity contribution is 5.87. The molecule has 7 nitrogen and oxygen atoms in total. The van der Waals surface area contributed by atoms with Crippen molar-refractivity contribution in [3.63, 3.8) is 0 Å². The molecule has 4 aliphatic carbocycles. The van der Waals surface area contributed by atoms with Crippen LogP contribution in [0.25, 0.3) is 0 Å². The maximum atomic E-state index is 12.7. The summed E-state index contributed by atoms with van der Waals surface area (Å²) in [7, 11) is 1.56. The first-order chi connectivity index (χ1) is 12.4. The Balaban J connectivity index is 1.41. The van der Waals surface area contributed by atoms with E-state index in [-0.39, 0.29) is 36.8 Å². The van der Waals surface area contributed by atoms with Gasteiger partial charge in [0.15, 0.2) is 6.61 Å². The van der Waals surface area contributed by atoms with Gasteiger partial charge < -0.3 is 15.0 Å². The highest BCUT2D eigenvalue weighted by Gasteiger charge is 2.54. The molecular weight excluding hydrogens is 334 g/mol. The fourth-order valence-electron chi connectivity index (χ4n) is 5.37. The minimum atomic E-state index is -0.606. The smallest absolute Gasteiger partial charge is 0.325 e. The molecule has 0 atom stereocenters. The van der Waals surface area contributed by atoms with Crippen LogP contribution in [-0.2, 0) is 19.1 Å². The third-order valence-corrected chi connectivity index (χ3v) is 6.25. The summed E-state index contributed by atoms with van der Waals surface area (Å²) < 4.78 is 4.95. The average molecular weight is 361 g/mol. The largest absolute Gasteiger partial charge is 0.454 e. The van der Waals surface area contributed by atoms with Gasteiger partial charge in [0.05, 0.1) is 12.5 Å². The maximum Gasteiger partial charge on any atom is 0.325 e. The summed E-state index contributed by atoms with van der Waals surface area (Å²) in [4.78, 5) is 37.7. The van der Waals surface area contributed by atoms with E-state index in [1.165, 1.54) is 24.2 Å². The molecule has 0 aromatic heterocycles. The Labute approximate surface area is 154 Å². The Hall–Kier alpha value is -2.10. The number of esters is 1. The molecule has 0 spiro atoms. The van der Waals surface area contributed by atoms with Crippen molar-refractivity contribution in [1.82, 2.24) is 10.2 Å². The number of rotatable bonds is 7. The van der Waals surface area contributed by atoms with Crippen LogP contribution in [0.4, 0.5) is 0 Å². The molecule has 0 aromatic carbocycles. The number of ether oxygens (including phenoxy) is 1. The molecule has 4 fully saturated rings. The van der Waals surface area contributed by atoms with Gasteiger partial charge >= 0.3 is 5.97 Å². The van der Waals surface area contributed by atoms with E-state index in [0.717, 1.165) is 19.3 Å². The Morgan fingerprint density at radius 2 is 1.73 bits per heavy atom. The fraction of sp³-hybridized carbons (Fsp3) is 0.789. The summed E-state index contributed by atoms with van der Waals surface area (Å²) in [6, 6.07) is 1.96. The Bertz CT molecular complexity index is 589. The molecule has 0 saturated heterocycles. The van der Waals surface area contributed by atoms with Crippen molar-refractivity contribution in [3.8, 4) is 6.07 Å². The first kappa shape index (κ1) is 18.7. The third kappa shape index (κ3) is 4.00. The zero-order valence-corrected chi connectivity index (χ0v) is 15.3. The summed E-state index contributed by atoms with van der Waals surface area (Å²) in [5, 5.41) is 11.3. The number of nitrogens with one attached hydrogen (secondary N) is 1. The highest BCUT2D eigenvalue weighted by atomic mass is 16.5. The second-order valence-corrected chi connectivity index (χ2v) is 8.26. The first-order valence-electron chi connectivity index (χ1n) is 9.46. The molecule has 0 unspecified atom stereocenters. The minimum Gasteiger partial charge on any atom is -0.454 e. The summed E-state index contributed by atoms with van der Waals surface area (Å²) >= 11 is 0. The van der Waals surface area contributed by atoms with E-state index < -0.39 is 5.97 Å². The SMILES string of the molecule is CN(CCC#N)C(=O)COC(=O)CNC(=O)C12CC3CC(CC(C3)C1)C2. The molecule has 1 N–H and O–H groups in total. The van der Waals surface area contributed by atoms with Gasteiger partial charge in [-0.15, -0.1) is 0 Å². The number of hydrogen-bond donors (Lipinski definition) is 1. The maximum absolute atomic E-state index is 12.7. The highest BCUT2D eigenvalue weighted by Crippen LogP contribution is 2.60. The van der Waals surface area contributed by atoms with E-state index in [2.05, 4.69) is 5.32 Å². The van der Waals surface area contributed by atoms with Gasteiger partial charge in [-0.05, 0) is 56.3 Å². The average Bonchev–Trinajstić information content (AvgIpc) is 2.60. The lowest BCUT2D eigenvalue weighted by Gasteiger charge is -2.55. The predicted molar refractivity (Wildman–Crippen MR) is 92.4 cm³/mol.